The van der Waals surface area contributed by atoms with Crippen molar-refractivity contribution >= 4 is 23.2 Å². The first-order valence-corrected chi connectivity index (χ1v) is 8.20. The first kappa shape index (κ1) is 14.3. The minimum atomic E-state index is 0.0878. The highest BCUT2D eigenvalue weighted by molar-refractivity contribution is 6.42. The number of halogens is 2. The number of nitrogens with one attached hydrogen (secondary N) is 1. The lowest BCUT2D eigenvalue weighted by atomic mass is 9.96. The number of phenolic OH excluding ortho intramolecular Hbond substituents is 1. The molecule has 0 saturated carbocycles. The van der Waals surface area contributed by atoms with Crippen LogP contribution in [-0.2, 0) is 13.0 Å². The summed E-state index contributed by atoms with van der Waals surface area (Å²) in [4.78, 5) is 0. The lowest BCUT2D eigenvalue weighted by Gasteiger charge is -2.15. The SMILES string of the molecule is Oc1ccc(Cl)c(Cl)c1[C@@H]1Cc2nnc([C@H]3CCNC3)n2C1. The van der Waals surface area contributed by atoms with Crippen LogP contribution < -0.4 is 5.32 Å². The van der Waals surface area contributed by atoms with Crippen molar-refractivity contribution in [3.05, 3.63) is 39.4 Å². The van der Waals surface area contributed by atoms with Gasteiger partial charge in [0.05, 0.1) is 10.0 Å². The Balaban J connectivity index is 1.67. The lowest BCUT2D eigenvalue weighted by Crippen LogP contribution is -2.13. The van der Waals surface area contributed by atoms with E-state index in [0.29, 0.717) is 16.0 Å². The van der Waals surface area contributed by atoms with Crippen LogP contribution in [0.4, 0.5) is 0 Å². The molecular weight excluding hydrogens is 323 g/mol. The number of hydrogen-bond donors (Lipinski definition) is 2. The average Bonchev–Trinajstić information content (AvgIpc) is 3.18. The molecule has 3 heterocycles. The highest BCUT2D eigenvalue weighted by atomic mass is 35.5. The third-order valence-corrected chi connectivity index (χ3v) is 5.45. The molecule has 0 radical (unpaired) electrons. The Morgan fingerprint density at radius 2 is 2.09 bits per heavy atom. The van der Waals surface area contributed by atoms with E-state index in [1.165, 1.54) is 0 Å². The Bertz CT molecular complexity index is 725. The molecule has 2 N–H and O–H groups in total. The summed E-state index contributed by atoms with van der Waals surface area (Å²) in [5.74, 6) is 2.71. The van der Waals surface area contributed by atoms with E-state index >= 15 is 0 Å². The molecule has 5 nitrogen and oxygen atoms in total. The van der Waals surface area contributed by atoms with E-state index in [9.17, 15) is 5.11 Å². The Morgan fingerprint density at radius 3 is 2.86 bits per heavy atom. The van der Waals surface area contributed by atoms with Gasteiger partial charge in [-0.1, -0.05) is 23.2 Å². The van der Waals surface area contributed by atoms with Crippen LogP contribution in [-0.4, -0.2) is 33.0 Å². The summed E-state index contributed by atoms with van der Waals surface area (Å²) in [6.07, 6.45) is 1.81. The van der Waals surface area contributed by atoms with E-state index in [-0.39, 0.29) is 11.7 Å². The molecule has 0 aliphatic carbocycles. The van der Waals surface area contributed by atoms with E-state index in [2.05, 4.69) is 20.1 Å². The van der Waals surface area contributed by atoms with Crippen molar-refractivity contribution in [3.8, 4) is 5.75 Å². The van der Waals surface area contributed by atoms with Crippen LogP contribution in [0.15, 0.2) is 12.1 Å². The molecule has 2 aliphatic rings. The number of aromatic nitrogens is 3. The summed E-state index contributed by atoms with van der Waals surface area (Å²) < 4.78 is 2.18. The molecule has 1 fully saturated rings. The van der Waals surface area contributed by atoms with Gasteiger partial charge in [-0.15, -0.1) is 10.2 Å². The van der Waals surface area contributed by atoms with Gasteiger partial charge >= 0.3 is 0 Å². The Morgan fingerprint density at radius 1 is 1.23 bits per heavy atom. The molecule has 7 heteroatoms. The first-order valence-electron chi connectivity index (χ1n) is 7.44. The second-order valence-electron chi connectivity index (χ2n) is 5.97. The zero-order valence-corrected chi connectivity index (χ0v) is 13.4. The van der Waals surface area contributed by atoms with Gasteiger partial charge in [0.2, 0.25) is 0 Å². The van der Waals surface area contributed by atoms with Gasteiger partial charge in [0, 0.05) is 36.9 Å². The van der Waals surface area contributed by atoms with Gasteiger partial charge in [0.15, 0.2) is 0 Å². The topological polar surface area (TPSA) is 63.0 Å². The Hall–Kier alpha value is -1.30. The van der Waals surface area contributed by atoms with Crippen molar-refractivity contribution in [2.24, 2.45) is 0 Å². The van der Waals surface area contributed by atoms with Gasteiger partial charge in [-0.2, -0.15) is 0 Å². The summed E-state index contributed by atoms with van der Waals surface area (Å²) >= 11 is 12.4. The second-order valence-corrected chi connectivity index (χ2v) is 6.76. The molecule has 2 atom stereocenters. The fourth-order valence-corrected chi connectivity index (χ4v) is 4.00. The third kappa shape index (κ3) is 2.19. The van der Waals surface area contributed by atoms with Crippen LogP contribution >= 0.6 is 23.2 Å². The van der Waals surface area contributed by atoms with Crippen molar-refractivity contribution in [1.82, 2.24) is 20.1 Å². The predicted molar refractivity (Wildman–Crippen MR) is 84.8 cm³/mol. The normalized spacial score (nSPS) is 23.9. The minimum Gasteiger partial charge on any atom is -0.508 e. The maximum atomic E-state index is 10.2. The van der Waals surface area contributed by atoms with Crippen molar-refractivity contribution in [3.63, 3.8) is 0 Å². The first-order chi connectivity index (χ1) is 10.6. The molecule has 22 heavy (non-hydrogen) atoms. The zero-order valence-electron chi connectivity index (χ0n) is 11.9. The summed E-state index contributed by atoms with van der Waals surface area (Å²) in [6, 6.07) is 3.22. The monoisotopic (exact) mass is 338 g/mol. The largest absolute Gasteiger partial charge is 0.508 e. The van der Waals surface area contributed by atoms with Crippen molar-refractivity contribution in [1.29, 1.82) is 0 Å². The fourth-order valence-electron chi connectivity index (χ4n) is 3.52. The quantitative estimate of drug-likeness (QED) is 0.883. The highest BCUT2D eigenvalue weighted by Crippen LogP contribution is 2.42. The summed E-state index contributed by atoms with van der Waals surface area (Å²) in [6.45, 7) is 2.71. The minimum absolute atomic E-state index is 0.0878. The smallest absolute Gasteiger partial charge is 0.137 e. The molecule has 1 aromatic heterocycles. The van der Waals surface area contributed by atoms with Crippen LogP contribution in [0.5, 0.6) is 5.75 Å². The molecule has 0 spiro atoms. The third-order valence-electron chi connectivity index (χ3n) is 4.63. The number of hydrogen-bond acceptors (Lipinski definition) is 4. The van der Waals surface area contributed by atoms with E-state index in [1.54, 1.807) is 12.1 Å². The van der Waals surface area contributed by atoms with Crippen LogP contribution in [0.25, 0.3) is 0 Å². The number of benzene rings is 1. The highest BCUT2D eigenvalue weighted by Gasteiger charge is 2.33. The summed E-state index contributed by atoms with van der Waals surface area (Å²) in [5, 5.41) is 23.1. The van der Waals surface area contributed by atoms with Gasteiger partial charge < -0.3 is 15.0 Å². The zero-order chi connectivity index (χ0) is 15.3. The number of phenols is 1. The van der Waals surface area contributed by atoms with E-state index in [0.717, 1.165) is 49.7 Å². The maximum absolute atomic E-state index is 10.2. The van der Waals surface area contributed by atoms with Gasteiger partial charge in [-0.05, 0) is 25.1 Å². The van der Waals surface area contributed by atoms with Crippen molar-refractivity contribution in [2.75, 3.05) is 13.1 Å². The molecular formula is C15H16Cl2N4O. The van der Waals surface area contributed by atoms with Crippen molar-refractivity contribution in [2.45, 2.75) is 31.2 Å². The van der Waals surface area contributed by atoms with E-state index in [4.69, 9.17) is 23.2 Å². The number of nitrogens with zero attached hydrogens (tertiary/aromatic N) is 3. The molecule has 1 saturated heterocycles. The van der Waals surface area contributed by atoms with Gasteiger partial charge in [0.1, 0.15) is 17.4 Å². The number of aromatic hydroxyl groups is 1. The Labute approximate surface area is 138 Å². The second kappa shape index (κ2) is 5.41. The average molecular weight is 339 g/mol. The number of fused-ring (bicyclic) bond motifs is 1. The van der Waals surface area contributed by atoms with Gasteiger partial charge in [-0.3, -0.25) is 0 Å². The summed E-state index contributed by atoms with van der Waals surface area (Å²) in [7, 11) is 0. The summed E-state index contributed by atoms with van der Waals surface area (Å²) in [5.41, 5.74) is 0.718. The van der Waals surface area contributed by atoms with E-state index < -0.39 is 0 Å². The van der Waals surface area contributed by atoms with Crippen LogP contribution in [0.1, 0.15) is 35.5 Å². The van der Waals surface area contributed by atoms with E-state index in [1.807, 2.05) is 0 Å². The van der Waals surface area contributed by atoms with Gasteiger partial charge in [-0.25, -0.2) is 0 Å². The van der Waals surface area contributed by atoms with Crippen LogP contribution in [0.3, 0.4) is 0 Å². The molecule has 2 aliphatic heterocycles. The molecule has 0 bridgehead atoms. The van der Waals surface area contributed by atoms with Crippen LogP contribution in [0.2, 0.25) is 10.0 Å². The maximum Gasteiger partial charge on any atom is 0.137 e. The van der Waals surface area contributed by atoms with Gasteiger partial charge in [0.25, 0.3) is 0 Å². The molecule has 0 unspecified atom stereocenters. The van der Waals surface area contributed by atoms with Crippen molar-refractivity contribution < 1.29 is 5.11 Å². The lowest BCUT2D eigenvalue weighted by molar-refractivity contribution is 0.457. The fraction of sp³-hybridized carbons (Fsp3) is 0.467. The number of rotatable bonds is 2. The molecule has 4 rings (SSSR count). The Kier molecular flexibility index (Phi) is 3.51. The standard InChI is InChI=1S/C15H16Cl2N4O/c16-10-1-2-11(22)13(14(10)17)9-5-12-19-20-15(21(12)7-9)8-3-4-18-6-8/h1-2,8-9,18,22H,3-7H2/t8-,9+/m0/s1. The molecule has 0 amide bonds. The predicted octanol–water partition coefficient (Wildman–Crippen LogP) is 2.71. The molecule has 2 aromatic rings. The van der Waals surface area contributed by atoms with Crippen LogP contribution in [0, 0.1) is 0 Å². The molecule has 1 aromatic carbocycles. The molecule has 116 valence electrons.